The molecule has 0 radical (unpaired) electrons. The molecule has 0 saturated heterocycles. The molecule has 53 heavy (non-hydrogen) atoms. The lowest BCUT2D eigenvalue weighted by Crippen LogP contribution is -2.00. The van der Waals surface area contributed by atoms with Crippen LogP contribution in [0.15, 0.2) is 192 Å². The van der Waals surface area contributed by atoms with Crippen molar-refractivity contribution in [3.63, 3.8) is 0 Å². The highest BCUT2D eigenvalue weighted by atomic mass is 16.3. The molecule has 0 saturated carbocycles. The van der Waals surface area contributed by atoms with Gasteiger partial charge in [0.1, 0.15) is 11.2 Å². The molecule has 0 aliphatic heterocycles. The zero-order chi connectivity index (χ0) is 35.1. The third-order valence-corrected chi connectivity index (χ3v) is 9.93. The summed E-state index contributed by atoms with van der Waals surface area (Å²) in [6, 6.07) is 65.4. The van der Waals surface area contributed by atoms with Crippen LogP contribution in [0.5, 0.6) is 0 Å². The second-order valence-electron chi connectivity index (χ2n) is 13.3. The zero-order valence-corrected chi connectivity index (χ0v) is 28.6. The lowest BCUT2D eigenvalue weighted by atomic mass is 9.98. The van der Waals surface area contributed by atoms with E-state index in [1.54, 1.807) is 0 Å². The van der Waals surface area contributed by atoms with E-state index in [0.717, 1.165) is 55.3 Å². The van der Waals surface area contributed by atoms with Gasteiger partial charge in [-0.05, 0) is 80.6 Å². The molecule has 4 nitrogen and oxygen atoms in total. The van der Waals surface area contributed by atoms with Crippen LogP contribution in [0.1, 0.15) is 0 Å². The SMILES string of the molecule is c1ccc(-c2cccc(-c3ccc4oc5cc(-c6nc(-c7ccccc7)nc(-c7ccc(-c8ccc9ccccc9c8)cc7)n6)ccc5c4c3)c2)cc1. The van der Waals surface area contributed by atoms with Crippen molar-refractivity contribution in [1.29, 1.82) is 0 Å². The van der Waals surface area contributed by atoms with Crippen molar-refractivity contribution in [1.82, 2.24) is 15.0 Å². The Labute approximate surface area is 306 Å². The highest BCUT2D eigenvalue weighted by molar-refractivity contribution is 6.07. The Morgan fingerprint density at radius 2 is 0.755 bits per heavy atom. The predicted octanol–water partition coefficient (Wildman–Crippen LogP) is 12.9. The lowest BCUT2D eigenvalue weighted by molar-refractivity contribution is 0.669. The average Bonchev–Trinajstić information content (AvgIpc) is 3.61. The van der Waals surface area contributed by atoms with Gasteiger partial charge >= 0.3 is 0 Å². The first-order valence-electron chi connectivity index (χ1n) is 17.8. The maximum Gasteiger partial charge on any atom is 0.164 e. The van der Waals surface area contributed by atoms with E-state index < -0.39 is 0 Å². The van der Waals surface area contributed by atoms with Gasteiger partial charge in [-0.3, -0.25) is 0 Å². The Morgan fingerprint density at radius 3 is 1.51 bits per heavy atom. The molecular formula is C49H31N3O. The van der Waals surface area contributed by atoms with Gasteiger partial charge < -0.3 is 4.42 Å². The predicted molar refractivity (Wildman–Crippen MR) is 217 cm³/mol. The van der Waals surface area contributed by atoms with Crippen LogP contribution in [0.3, 0.4) is 0 Å². The first-order valence-corrected chi connectivity index (χ1v) is 17.8. The summed E-state index contributed by atoms with van der Waals surface area (Å²) in [5.74, 6) is 1.83. The van der Waals surface area contributed by atoms with Crippen LogP contribution >= 0.6 is 0 Å². The van der Waals surface area contributed by atoms with Crippen LogP contribution in [0, 0.1) is 0 Å². The van der Waals surface area contributed by atoms with Gasteiger partial charge in [-0.25, -0.2) is 15.0 Å². The van der Waals surface area contributed by atoms with Crippen LogP contribution in [0.4, 0.5) is 0 Å². The largest absolute Gasteiger partial charge is 0.456 e. The van der Waals surface area contributed by atoms with Gasteiger partial charge in [0.15, 0.2) is 17.5 Å². The molecule has 10 aromatic rings. The summed E-state index contributed by atoms with van der Waals surface area (Å²) < 4.78 is 6.44. The Morgan fingerprint density at radius 1 is 0.264 bits per heavy atom. The van der Waals surface area contributed by atoms with Gasteiger partial charge in [-0.2, -0.15) is 0 Å². The van der Waals surface area contributed by atoms with Gasteiger partial charge in [-0.1, -0.05) is 152 Å². The van der Waals surface area contributed by atoms with Crippen LogP contribution in [0.25, 0.3) is 100 Å². The summed E-state index contributed by atoms with van der Waals surface area (Å²) in [5, 5.41) is 4.57. The van der Waals surface area contributed by atoms with Crippen molar-refractivity contribution in [2.75, 3.05) is 0 Å². The monoisotopic (exact) mass is 677 g/mol. The topological polar surface area (TPSA) is 51.8 Å². The third kappa shape index (κ3) is 5.82. The number of furan rings is 1. The van der Waals surface area contributed by atoms with Gasteiger partial charge in [0.25, 0.3) is 0 Å². The Balaban J connectivity index is 1.02. The van der Waals surface area contributed by atoms with Crippen molar-refractivity contribution in [2.45, 2.75) is 0 Å². The van der Waals surface area contributed by atoms with Crippen molar-refractivity contribution < 1.29 is 4.42 Å². The second kappa shape index (κ2) is 12.9. The quantitative estimate of drug-likeness (QED) is 0.176. The van der Waals surface area contributed by atoms with E-state index in [1.807, 2.05) is 42.5 Å². The van der Waals surface area contributed by atoms with Gasteiger partial charge in [0.2, 0.25) is 0 Å². The highest BCUT2D eigenvalue weighted by Crippen LogP contribution is 2.36. The highest BCUT2D eigenvalue weighted by Gasteiger charge is 2.16. The van der Waals surface area contributed by atoms with Crippen molar-refractivity contribution in [2.24, 2.45) is 0 Å². The maximum absolute atomic E-state index is 6.44. The van der Waals surface area contributed by atoms with Crippen molar-refractivity contribution >= 4 is 32.7 Å². The van der Waals surface area contributed by atoms with Gasteiger partial charge in [-0.15, -0.1) is 0 Å². The van der Waals surface area contributed by atoms with Crippen molar-refractivity contribution in [3.05, 3.63) is 188 Å². The summed E-state index contributed by atoms with van der Waals surface area (Å²) >= 11 is 0. The van der Waals surface area contributed by atoms with E-state index in [-0.39, 0.29) is 0 Å². The minimum absolute atomic E-state index is 0.591. The summed E-state index contributed by atoms with van der Waals surface area (Å²) in [4.78, 5) is 15.0. The minimum atomic E-state index is 0.591. The number of benzene rings is 8. The molecule has 248 valence electrons. The Kier molecular flexibility index (Phi) is 7.43. The van der Waals surface area contributed by atoms with Gasteiger partial charge in [0, 0.05) is 27.5 Å². The van der Waals surface area contributed by atoms with E-state index in [4.69, 9.17) is 19.4 Å². The molecule has 0 N–H and O–H groups in total. The molecule has 0 unspecified atom stereocenters. The number of rotatable bonds is 6. The molecule has 0 bridgehead atoms. The van der Waals surface area contributed by atoms with E-state index in [0.29, 0.717) is 17.5 Å². The smallest absolute Gasteiger partial charge is 0.164 e. The normalized spacial score (nSPS) is 11.4. The molecule has 2 aromatic heterocycles. The number of fused-ring (bicyclic) bond motifs is 4. The van der Waals surface area contributed by atoms with Crippen LogP contribution in [-0.2, 0) is 0 Å². The first kappa shape index (κ1) is 30.6. The number of nitrogens with zero attached hydrogens (tertiary/aromatic N) is 3. The number of hydrogen-bond acceptors (Lipinski definition) is 4. The molecule has 10 rings (SSSR count). The van der Waals surface area contributed by atoms with E-state index in [1.165, 1.54) is 27.5 Å². The zero-order valence-electron chi connectivity index (χ0n) is 28.6. The lowest BCUT2D eigenvalue weighted by Gasteiger charge is -2.09. The average molecular weight is 678 g/mol. The fourth-order valence-corrected chi connectivity index (χ4v) is 7.14. The molecule has 0 aliphatic carbocycles. The third-order valence-electron chi connectivity index (χ3n) is 9.93. The van der Waals surface area contributed by atoms with Crippen LogP contribution in [0.2, 0.25) is 0 Å². The summed E-state index contributed by atoms with van der Waals surface area (Å²) in [5.41, 5.74) is 11.3. The van der Waals surface area contributed by atoms with Crippen LogP contribution in [-0.4, -0.2) is 15.0 Å². The molecule has 0 aliphatic rings. The molecule has 0 fully saturated rings. The van der Waals surface area contributed by atoms with Crippen molar-refractivity contribution in [3.8, 4) is 67.5 Å². The molecule has 4 heteroatoms. The number of hydrogen-bond donors (Lipinski definition) is 0. The molecule has 8 aromatic carbocycles. The van der Waals surface area contributed by atoms with E-state index in [2.05, 4.69) is 146 Å². The van der Waals surface area contributed by atoms with Crippen LogP contribution < -0.4 is 0 Å². The Bertz CT molecular complexity index is 2930. The Hall–Kier alpha value is -7.17. The minimum Gasteiger partial charge on any atom is -0.456 e. The first-order chi connectivity index (χ1) is 26.2. The second-order valence-corrected chi connectivity index (χ2v) is 13.3. The van der Waals surface area contributed by atoms with E-state index in [9.17, 15) is 0 Å². The fourth-order valence-electron chi connectivity index (χ4n) is 7.14. The summed E-state index contributed by atoms with van der Waals surface area (Å²) in [7, 11) is 0. The molecule has 2 heterocycles. The summed E-state index contributed by atoms with van der Waals surface area (Å²) in [6.45, 7) is 0. The maximum atomic E-state index is 6.44. The molecule has 0 amide bonds. The van der Waals surface area contributed by atoms with Gasteiger partial charge in [0.05, 0.1) is 0 Å². The molecule has 0 spiro atoms. The summed E-state index contributed by atoms with van der Waals surface area (Å²) in [6.07, 6.45) is 0. The molecule has 0 atom stereocenters. The fraction of sp³-hybridized carbons (Fsp3) is 0. The standard InChI is InChI=1S/C49H31N3O/c1-3-10-32(11-4-1)38-16-9-17-39(28-38)41-25-27-45-44(30-41)43-26-24-42(31-46(43)53-45)49-51-47(35-13-5-2-6-14-35)50-48(52-49)36-21-18-34(19-22-36)40-23-20-33-12-7-8-15-37(33)29-40/h1-31H. The number of aromatic nitrogens is 3. The molecular weight excluding hydrogens is 647 g/mol. The van der Waals surface area contributed by atoms with E-state index >= 15 is 0 Å².